The van der Waals surface area contributed by atoms with E-state index in [2.05, 4.69) is 37.5 Å². The van der Waals surface area contributed by atoms with E-state index in [1.54, 1.807) is 23.0 Å². The molecule has 170 valence electrons. The molecule has 1 atom stereocenters. The number of amides is 1. The Morgan fingerprint density at radius 3 is 2.94 bits per heavy atom. The predicted molar refractivity (Wildman–Crippen MR) is 129 cm³/mol. The van der Waals surface area contributed by atoms with Crippen molar-refractivity contribution >= 4 is 50.7 Å². The zero-order chi connectivity index (χ0) is 23.1. The molecular formula is C23H24ClN7O2. The van der Waals surface area contributed by atoms with Crippen molar-refractivity contribution in [3.8, 4) is 6.01 Å². The van der Waals surface area contributed by atoms with Gasteiger partial charge in [-0.05, 0) is 31.2 Å². The van der Waals surface area contributed by atoms with E-state index in [1.807, 2.05) is 25.4 Å². The molecule has 5 rings (SSSR count). The molecule has 0 spiro atoms. The van der Waals surface area contributed by atoms with Crippen molar-refractivity contribution in [2.45, 2.75) is 13.0 Å². The number of hydrogen-bond donors (Lipinski definition) is 2. The first-order chi connectivity index (χ1) is 15.9. The molecule has 9 nitrogen and oxygen atoms in total. The number of aromatic nitrogens is 4. The van der Waals surface area contributed by atoms with Crippen molar-refractivity contribution in [1.29, 1.82) is 0 Å². The number of anilines is 2. The summed E-state index contributed by atoms with van der Waals surface area (Å²) in [5, 5.41) is 12.9. The lowest BCUT2D eigenvalue weighted by Gasteiger charge is -2.34. The molecule has 1 fully saturated rings. The molecule has 2 aromatic carbocycles. The minimum absolute atomic E-state index is 0.210. The summed E-state index contributed by atoms with van der Waals surface area (Å²) < 4.78 is 6.93. The molecule has 1 amide bonds. The summed E-state index contributed by atoms with van der Waals surface area (Å²) in [5.74, 6) is -0.291. The number of hydrogen-bond acceptors (Lipinski definition) is 7. The van der Waals surface area contributed by atoms with Crippen LogP contribution in [0, 0.1) is 0 Å². The molecule has 10 heteroatoms. The van der Waals surface area contributed by atoms with Gasteiger partial charge in [0, 0.05) is 67.3 Å². The molecule has 0 aliphatic carbocycles. The number of carbonyl (C=O) groups is 1. The van der Waals surface area contributed by atoms with Gasteiger partial charge in [-0.25, -0.2) is 4.98 Å². The highest BCUT2D eigenvalue weighted by Gasteiger charge is 2.22. The molecule has 33 heavy (non-hydrogen) atoms. The molecular weight excluding hydrogens is 442 g/mol. The van der Waals surface area contributed by atoms with Crippen LogP contribution in [0.15, 0.2) is 36.7 Å². The van der Waals surface area contributed by atoms with Crippen molar-refractivity contribution in [2.75, 3.05) is 37.0 Å². The Morgan fingerprint density at radius 1 is 1.30 bits per heavy atom. The molecule has 1 aliphatic rings. The van der Waals surface area contributed by atoms with Gasteiger partial charge in [0.1, 0.15) is 5.52 Å². The summed E-state index contributed by atoms with van der Waals surface area (Å²) in [5.41, 5.74) is 3.24. The molecule has 1 saturated heterocycles. The number of piperazine rings is 1. The van der Waals surface area contributed by atoms with Crippen molar-refractivity contribution in [1.82, 2.24) is 25.1 Å². The van der Waals surface area contributed by atoms with Crippen LogP contribution in [0.3, 0.4) is 0 Å². The first-order valence-electron chi connectivity index (χ1n) is 10.7. The van der Waals surface area contributed by atoms with E-state index in [-0.39, 0.29) is 11.9 Å². The zero-order valence-electron chi connectivity index (χ0n) is 18.6. The Hall–Kier alpha value is -3.43. The molecule has 0 saturated carbocycles. The van der Waals surface area contributed by atoms with Gasteiger partial charge in [-0.2, -0.15) is 10.1 Å². The highest BCUT2D eigenvalue weighted by atomic mass is 35.5. The topological polar surface area (TPSA) is 97.2 Å². The monoisotopic (exact) mass is 465 g/mol. The van der Waals surface area contributed by atoms with Gasteiger partial charge in [0.15, 0.2) is 0 Å². The normalized spacial score (nSPS) is 16.4. The van der Waals surface area contributed by atoms with E-state index in [4.69, 9.17) is 16.3 Å². The highest BCUT2D eigenvalue weighted by molar-refractivity contribution is 6.35. The van der Waals surface area contributed by atoms with Crippen molar-refractivity contribution in [3.05, 3.63) is 47.2 Å². The van der Waals surface area contributed by atoms with Gasteiger partial charge in [-0.15, -0.1) is 0 Å². The fourth-order valence-electron chi connectivity index (χ4n) is 4.28. The number of carbonyl (C=O) groups excluding carboxylic acids is 1. The summed E-state index contributed by atoms with van der Waals surface area (Å²) in [6, 6.07) is 7.88. The van der Waals surface area contributed by atoms with Crippen LogP contribution in [0.4, 0.5) is 11.4 Å². The fourth-order valence-corrected chi connectivity index (χ4v) is 4.55. The average molecular weight is 466 g/mol. The molecule has 2 aromatic heterocycles. The maximum Gasteiger partial charge on any atom is 0.316 e. The molecule has 2 N–H and O–H groups in total. The number of fused-ring (bicyclic) bond motifs is 2. The standard InChI is InChI=1S/C23H24ClN7O2/c1-13-11-31(7-6-25-13)19-5-4-16(21-17(19)10-26-23(28-21)33-3)22(32)27-15-8-14-12-30(2)29-20(14)18(24)9-15/h4-5,8-10,12-13,25H,6-7,11H2,1-3H3,(H,27,32). The number of methoxy groups -OCH3 is 1. The van der Waals surface area contributed by atoms with Crippen LogP contribution < -0.4 is 20.3 Å². The summed E-state index contributed by atoms with van der Waals surface area (Å²) in [6.45, 7) is 4.76. The first kappa shape index (κ1) is 21.4. The summed E-state index contributed by atoms with van der Waals surface area (Å²) in [4.78, 5) is 24.4. The number of halogens is 1. The Morgan fingerprint density at radius 2 is 2.15 bits per heavy atom. The van der Waals surface area contributed by atoms with Crippen LogP contribution in [0.5, 0.6) is 6.01 Å². The highest BCUT2D eigenvalue weighted by Crippen LogP contribution is 2.31. The fraction of sp³-hybridized carbons (Fsp3) is 0.304. The van der Waals surface area contributed by atoms with E-state index in [9.17, 15) is 4.79 Å². The smallest absolute Gasteiger partial charge is 0.316 e. The second-order valence-electron chi connectivity index (χ2n) is 8.21. The third kappa shape index (κ3) is 4.05. The lowest BCUT2D eigenvalue weighted by Crippen LogP contribution is -2.49. The average Bonchev–Trinajstić information content (AvgIpc) is 3.18. The number of rotatable bonds is 4. The molecule has 1 aliphatic heterocycles. The third-order valence-electron chi connectivity index (χ3n) is 5.78. The van der Waals surface area contributed by atoms with Gasteiger partial charge < -0.3 is 20.3 Å². The first-order valence-corrected chi connectivity index (χ1v) is 11.1. The van der Waals surface area contributed by atoms with Crippen LogP contribution >= 0.6 is 11.6 Å². The molecule has 4 aromatic rings. The summed E-state index contributed by atoms with van der Waals surface area (Å²) >= 11 is 6.38. The molecule has 0 bridgehead atoms. The Bertz CT molecular complexity index is 1370. The summed E-state index contributed by atoms with van der Waals surface area (Å²) in [7, 11) is 3.34. The van der Waals surface area contributed by atoms with Gasteiger partial charge in [0.2, 0.25) is 0 Å². The van der Waals surface area contributed by atoms with Crippen molar-refractivity contribution < 1.29 is 9.53 Å². The van der Waals surface area contributed by atoms with Gasteiger partial charge in [0.05, 0.1) is 23.2 Å². The molecule has 3 heterocycles. The van der Waals surface area contributed by atoms with Gasteiger partial charge in [-0.3, -0.25) is 9.48 Å². The van der Waals surface area contributed by atoms with Crippen LogP contribution in [0.2, 0.25) is 5.02 Å². The van der Waals surface area contributed by atoms with Crippen LogP contribution in [-0.2, 0) is 7.05 Å². The van der Waals surface area contributed by atoms with E-state index in [0.29, 0.717) is 33.3 Å². The maximum absolute atomic E-state index is 13.3. The van der Waals surface area contributed by atoms with Gasteiger partial charge in [0.25, 0.3) is 5.91 Å². The SMILES string of the molecule is COc1ncc2c(N3CCNC(C)C3)ccc(C(=O)Nc3cc(Cl)c4nn(C)cc4c3)c2n1. The maximum atomic E-state index is 13.3. The third-order valence-corrected chi connectivity index (χ3v) is 6.06. The van der Waals surface area contributed by atoms with Crippen molar-refractivity contribution in [3.63, 3.8) is 0 Å². The van der Waals surface area contributed by atoms with Crippen LogP contribution in [0.1, 0.15) is 17.3 Å². The van der Waals surface area contributed by atoms with Crippen LogP contribution in [-0.4, -0.2) is 58.4 Å². The quantitative estimate of drug-likeness (QED) is 0.477. The molecule has 1 unspecified atom stereocenters. The summed E-state index contributed by atoms with van der Waals surface area (Å²) in [6.07, 6.45) is 3.58. The van der Waals surface area contributed by atoms with Crippen molar-refractivity contribution in [2.24, 2.45) is 7.05 Å². The number of nitrogens with zero attached hydrogens (tertiary/aromatic N) is 5. The second kappa shape index (κ2) is 8.49. The number of nitrogens with one attached hydrogen (secondary N) is 2. The van der Waals surface area contributed by atoms with Gasteiger partial charge in [-0.1, -0.05) is 11.6 Å². The van der Waals surface area contributed by atoms with Crippen LogP contribution in [0.25, 0.3) is 21.8 Å². The minimum Gasteiger partial charge on any atom is -0.467 e. The largest absolute Gasteiger partial charge is 0.467 e. The number of benzene rings is 2. The Balaban J connectivity index is 1.54. The lowest BCUT2D eigenvalue weighted by atomic mass is 10.1. The van der Waals surface area contributed by atoms with E-state index in [1.165, 1.54) is 7.11 Å². The minimum atomic E-state index is -0.291. The van der Waals surface area contributed by atoms with Gasteiger partial charge >= 0.3 is 6.01 Å². The van der Waals surface area contributed by atoms with E-state index >= 15 is 0 Å². The van der Waals surface area contributed by atoms with E-state index in [0.717, 1.165) is 36.1 Å². The lowest BCUT2D eigenvalue weighted by molar-refractivity contribution is 0.102. The number of ether oxygens (including phenoxy) is 1. The Kier molecular flexibility index (Phi) is 5.51. The van der Waals surface area contributed by atoms with E-state index < -0.39 is 0 Å². The predicted octanol–water partition coefficient (Wildman–Crippen LogP) is 3.23. The Labute approximate surface area is 195 Å². The molecule has 0 radical (unpaired) electrons. The second-order valence-corrected chi connectivity index (χ2v) is 8.61. The number of aryl methyl sites for hydroxylation is 1. The zero-order valence-corrected chi connectivity index (χ0v) is 19.3.